The fourth-order valence-electron chi connectivity index (χ4n) is 4.25. The Balaban J connectivity index is 1.32. The Labute approximate surface area is 221 Å². The molecule has 0 spiro atoms. The van der Waals surface area contributed by atoms with Gasteiger partial charge in [-0.25, -0.2) is 0 Å². The maximum Gasteiger partial charge on any atom is 0.161 e. The zero-order valence-electron chi connectivity index (χ0n) is 21.1. The quantitative estimate of drug-likeness (QED) is 0.205. The second-order valence-corrected chi connectivity index (χ2v) is 8.66. The third-order valence-corrected chi connectivity index (χ3v) is 6.18. The topological polar surface area (TPSA) is 108 Å². The number of aromatic nitrogens is 3. The number of benzene rings is 2. The average Bonchev–Trinajstić information content (AvgIpc) is 3.43. The molecule has 3 aromatic heterocycles. The van der Waals surface area contributed by atoms with Gasteiger partial charge in [-0.15, -0.1) is 0 Å². The zero-order valence-corrected chi connectivity index (χ0v) is 21.1. The number of methoxy groups -OCH3 is 1. The van der Waals surface area contributed by atoms with Crippen LogP contribution in [-0.2, 0) is 6.42 Å². The number of anilines is 2. The molecule has 2 aromatic carbocycles. The summed E-state index contributed by atoms with van der Waals surface area (Å²) in [5.41, 5.74) is 5.77. The molecule has 0 saturated heterocycles. The zero-order chi connectivity index (χ0) is 26.2. The molecule has 190 valence electrons. The van der Waals surface area contributed by atoms with Crippen molar-refractivity contribution in [3.05, 3.63) is 96.7 Å². The molecule has 3 heterocycles. The first-order valence-corrected chi connectivity index (χ1v) is 12.4. The van der Waals surface area contributed by atoms with Crippen LogP contribution in [-0.4, -0.2) is 41.8 Å². The first-order chi connectivity index (χ1) is 18.7. The van der Waals surface area contributed by atoms with E-state index in [9.17, 15) is 5.26 Å². The summed E-state index contributed by atoms with van der Waals surface area (Å²) in [6.07, 6.45) is 7.89. The van der Waals surface area contributed by atoms with Crippen LogP contribution in [0.25, 0.3) is 22.0 Å². The molecule has 5 aromatic rings. The lowest BCUT2D eigenvalue weighted by atomic mass is 10.0. The van der Waals surface area contributed by atoms with Crippen molar-refractivity contribution in [3.63, 3.8) is 0 Å². The lowest BCUT2D eigenvalue weighted by Crippen LogP contribution is -2.23. The highest BCUT2D eigenvalue weighted by Gasteiger charge is 2.15. The average molecular weight is 505 g/mol. The molecule has 0 unspecified atom stereocenters. The fraction of sp³-hybridized carbons (Fsp3) is 0.167. The maximum absolute atomic E-state index is 9.81. The van der Waals surface area contributed by atoms with E-state index in [0.717, 1.165) is 46.4 Å². The summed E-state index contributed by atoms with van der Waals surface area (Å²) in [5.74, 6) is 1.26. The summed E-state index contributed by atoms with van der Waals surface area (Å²) in [6, 6.07) is 22.0. The summed E-state index contributed by atoms with van der Waals surface area (Å²) < 4.78 is 11.6. The third kappa shape index (κ3) is 5.75. The largest absolute Gasteiger partial charge is 0.493 e. The van der Waals surface area contributed by atoms with Gasteiger partial charge >= 0.3 is 0 Å². The van der Waals surface area contributed by atoms with E-state index in [0.29, 0.717) is 35.9 Å². The summed E-state index contributed by atoms with van der Waals surface area (Å²) in [5, 5.41) is 17.7. The minimum Gasteiger partial charge on any atom is -0.493 e. The number of nitriles is 1. The van der Waals surface area contributed by atoms with Crippen LogP contribution in [0.2, 0.25) is 0 Å². The molecule has 0 radical (unpaired) electrons. The maximum atomic E-state index is 9.81. The van der Waals surface area contributed by atoms with Crippen LogP contribution in [0.3, 0.4) is 0 Å². The first kappa shape index (κ1) is 24.8. The standard InChI is InChI=1S/C30H28N6O2/c1-37-28-8-5-21(17-29(28)38-15-14-32-12-10-24-4-2-3-11-34-24)26-20-33-19-23(18-31)30(26)36-25-6-7-27-22(16-25)9-13-35-27/h2-9,11,13,16-17,19-20,32,35H,10,12,14-15H2,1H3,(H,33,36). The number of ether oxygens (including phenoxy) is 2. The van der Waals surface area contributed by atoms with Gasteiger partial charge in [-0.05, 0) is 54.1 Å². The second-order valence-electron chi connectivity index (χ2n) is 8.66. The van der Waals surface area contributed by atoms with Crippen molar-refractivity contribution in [2.75, 3.05) is 32.1 Å². The molecule has 0 amide bonds. The molecule has 8 heteroatoms. The van der Waals surface area contributed by atoms with Crippen molar-refractivity contribution in [2.24, 2.45) is 0 Å². The van der Waals surface area contributed by atoms with Gasteiger partial charge in [0.2, 0.25) is 0 Å². The molecular weight excluding hydrogens is 476 g/mol. The lowest BCUT2D eigenvalue weighted by Gasteiger charge is -2.16. The number of fused-ring (bicyclic) bond motifs is 1. The van der Waals surface area contributed by atoms with E-state index >= 15 is 0 Å². The van der Waals surface area contributed by atoms with Crippen molar-refractivity contribution < 1.29 is 9.47 Å². The number of aromatic amines is 1. The molecule has 3 N–H and O–H groups in total. The predicted molar refractivity (Wildman–Crippen MR) is 149 cm³/mol. The Bertz CT molecular complexity index is 1560. The number of rotatable bonds is 11. The molecular formula is C30H28N6O2. The van der Waals surface area contributed by atoms with Gasteiger partial charge in [0.1, 0.15) is 12.7 Å². The van der Waals surface area contributed by atoms with E-state index in [4.69, 9.17) is 9.47 Å². The summed E-state index contributed by atoms with van der Waals surface area (Å²) in [7, 11) is 1.62. The Morgan fingerprint density at radius 2 is 1.95 bits per heavy atom. The number of H-pyrrole nitrogens is 1. The van der Waals surface area contributed by atoms with Crippen LogP contribution in [0.1, 0.15) is 11.3 Å². The Morgan fingerprint density at radius 3 is 2.79 bits per heavy atom. The molecule has 0 saturated carbocycles. The third-order valence-electron chi connectivity index (χ3n) is 6.18. The molecule has 0 aliphatic carbocycles. The molecule has 0 fully saturated rings. The minimum absolute atomic E-state index is 0.451. The van der Waals surface area contributed by atoms with Crippen molar-refractivity contribution in [3.8, 4) is 28.7 Å². The Hall–Kier alpha value is -4.87. The Morgan fingerprint density at radius 1 is 1.00 bits per heavy atom. The molecule has 8 nitrogen and oxygen atoms in total. The molecule has 38 heavy (non-hydrogen) atoms. The molecule has 0 aliphatic rings. The SMILES string of the molecule is COc1ccc(-c2cncc(C#N)c2Nc2ccc3[nH]ccc3c2)cc1OCCNCCc1ccccn1. The summed E-state index contributed by atoms with van der Waals surface area (Å²) >= 11 is 0. The molecule has 5 rings (SSSR count). The van der Waals surface area contributed by atoms with E-state index in [1.54, 1.807) is 25.7 Å². The highest BCUT2D eigenvalue weighted by molar-refractivity contribution is 5.88. The minimum atomic E-state index is 0.451. The monoisotopic (exact) mass is 504 g/mol. The van der Waals surface area contributed by atoms with Gasteiger partial charge in [-0.3, -0.25) is 9.97 Å². The van der Waals surface area contributed by atoms with Crippen LogP contribution in [0.4, 0.5) is 11.4 Å². The van der Waals surface area contributed by atoms with E-state index in [1.807, 2.05) is 66.9 Å². The predicted octanol–water partition coefficient (Wildman–Crippen LogP) is 5.46. The smallest absolute Gasteiger partial charge is 0.161 e. The van der Waals surface area contributed by atoms with E-state index in [1.165, 1.54) is 0 Å². The number of nitrogens with zero attached hydrogens (tertiary/aromatic N) is 3. The van der Waals surface area contributed by atoms with Crippen LogP contribution in [0, 0.1) is 11.3 Å². The van der Waals surface area contributed by atoms with Crippen LogP contribution >= 0.6 is 0 Å². The van der Waals surface area contributed by atoms with E-state index < -0.39 is 0 Å². The van der Waals surface area contributed by atoms with Crippen LogP contribution in [0.5, 0.6) is 11.5 Å². The molecule has 0 bridgehead atoms. The highest BCUT2D eigenvalue weighted by atomic mass is 16.5. The molecule has 0 aliphatic heterocycles. The van der Waals surface area contributed by atoms with Gasteiger partial charge in [-0.1, -0.05) is 12.1 Å². The van der Waals surface area contributed by atoms with Gasteiger partial charge in [0.15, 0.2) is 11.5 Å². The summed E-state index contributed by atoms with van der Waals surface area (Å²) in [6.45, 7) is 1.97. The molecule has 0 atom stereocenters. The number of nitrogens with one attached hydrogen (secondary N) is 3. The highest BCUT2D eigenvalue weighted by Crippen LogP contribution is 2.37. The van der Waals surface area contributed by atoms with Crippen molar-refractivity contribution in [1.29, 1.82) is 5.26 Å². The van der Waals surface area contributed by atoms with Gasteiger partial charge < -0.3 is 25.1 Å². The van der Waals surface area contributed by atoms with Gasteiger partial charge in [-0.2, -0.15) is 5.26 Å². The normalized spacial score (nSPS) is 10.7. The van der Waals surface area contributed by atoms with E-state index in [-0.39, 0.29) is 0 Å². The first-order valence-electron chi connectivity index (χ1n) is 12.4. The lowest BCUT2D eigenvalue weighted by molar-refractivity contribution is 0.293. The van der Waals surface area contributed by atoms with Crippen molar-refractivity contribution >= 4 is 22.3 Å². The van der Waals surface area contributed by atoms with Gasteiger partial charge in [0.25, 0.3) is 0 Å². The second kappa shape index (κ2) is 11.9. The number of hydrogen-bond donors (Lipinski definition) is 3. The Kier molecular flexibility index (Phi) is 7.78. The fourth-order valence-corrected chi connectivity index (χ4v) is 4.25. The number of hydrogen-bond acceptors (Lipinski definition) is 7. The van der Waals surface area contributed by atoms with Gasteiger partial charge in [0.05, 0.1) is 18.4 Å². The van der Waals surface area contributed by atoms with Gasteiger partial charge in [0, 0.05) is 72.1 Å². The number of pyridine rings is 2. The van der Waals surface area contributed by atoms with Crippen molar-refractivity contribution in [2.45, 2.75) is 6.42 Å². The van der Waals surface area contributed by atoms with Crippen LogP contribution in [0.15, 0.2) is 85.5 Å². The summed E-state index contributed by atoms with van der Waals surface area (Å²) in [4.78, 5) is 11.9. The van der Waals surface area contributed by atoms with E-state index in [2.05, 4.69) is 31.7 Å². The van der Waals surface area contributed by atoms with Crippen molar-refractivity contribution in [1.82, 2.24) is 20.3 Å². The van der Waals surface area contributed by atoms with Crippen LogP contribution < -0.4 is 20.1 Å².